The number of rotatable bonds is 8. The van der Waals surface area contributed by atoms with E-state index < -0.39 is 0 Å². The summed E-state index contributed by atoms with van der Waals surface area (Å²) in [5.74, 6) is 2.66. The van der Waals surface area contributed by atoms with Crippen LogP contribution >= 0.6 is 0 Å². The highest BCUT2D eigenvalue weighted by molar-refractivity contribution is 5.89. The lowest BCUT2D eigenvalue weighted by molar-refractivity contribution is -0.122. The molecule has 1 aromatic heterocycles. The van der Waals surface area contributed by atoms with Gasteiger partial charge in [0.05, 0.1) is 19.2 Å². The minimum absolute atomic E-state index is 0.250. The summed E-state index contributed by atoms with van der Waals surface area (Å²) in [7, 11) is 1.73. The molecule has 1 saturated heterocycles. The summed E-state index contributed by atoms with van der Waals surface area (Å²) in [6, 6.07) is 4.57. The Morgan fingerprint density at radius 3 is 2.53 bits per heavy atom. The maximum absolute atomic E-state index is 8.36. The number of carboxylic acid groups (broad SMARTS) is 1. The average molecular weight is 444 g/mol. The molecule has 2 N–H and O–H groups in total. The number of nitrogens with one attached hydrogen (secondary N) is 1. The van der Waals surface area contributed by atoms with Crippen molar-refractivity contribution in [3.05, 3.63) is 23.3 Å². The lowest BCUT2D eigenvalue weighted by Crippen LogP contribution is -2.31. The molecule has 0 amide bonds. The fourth-order valence-electron chi connectivity index (χ4n) is 4.69. The Balaban J connectivity index is 0.000000913. The van der Waals surface area contributed by atoms with Crippen LogP contribution in [0.4, 0.5) is 5.82 Å². The van der Waals surface area contributed by atoms with Crippen molar-refractivity contribution in [2.24, 2.45) is 0 Å². The Bertz CT molecular complexity index is 895. The van der Waals surface area contributed by atoms with Crippen LogP contribution in [0.3, 0.4) is 0 Å². The van der Waals surface area contributed by atoms with E-state index >= 15 is 0 Å². The summed E-state index contributed by atoms with van der Waals surface area (Å²) in [6.07, 6.45) is 8.50. The van der Waals surface area contributed by atoms with Gasteiger partial charge in [-0.1, -0.05) is 6.42 Å². The zero-order valence-electron chi connectivity index (χ0n) is 19.7. The molecule has 176 valence electrons. The van der Waals surface area contributed by atoms with Crippen molar-refractivity contribution < 1.29 is 19.4 Å². The van der Waals surface area contributed by atoms with Crippen molar-refractivity contribution in [1.29, 1.82) is 0 Å². The Morgan fingerprint density at radius 1 is 1.12 bits per heavy atom. The summed E-state index contributed by atoms with van der Waals surface area (Å²) < 4.78 is 11.8. The van der Waals surface area contributed by atoms with Crippen LogP contribution in [0.5, 0.6) is 11.5 Å². The van der Waals surface area contributed by atoms with Crippen LogP contribution in [0.1, 0.15) is 57.1 Å². The fraction of sp³-hybridized carbons (Fsp3) is 0.600. The van der Waals surface area contributed by atoms with Gasteiger partial charge in [0.15, 0.2) is 11.5 Å². The van der Waals surface area contributed by atoms with Crippen LogP contribution in [-0.2, 0) is 17.6 Å². The third-order valence-electron chi connectivity index (χ3n) is 6.09. The molecule has 2 heterocycles. The van der Waals surface area contributed by atoms with Crippen molar-refractivity contribution in [3.63, 3.8) is 0 Å². The van der Waals surface area contributed by atoms with Crippen LogP contribution in [0.2, 0.25) is 0 Å². The number of carbonyl (C=O) groups is 1. The monoisotopic (exact) mass is 443 g/mol. The van der Waals surface area contributed by atoms with Crippen LogP contribution in [0.15, 0.2) is 12.1 Å². The van der Waals surface area contributed by atoms with Crippen molar-refractivity contribution in [2.45, 2.75) is 64.8 Å². The standard InChI is InChI=1S/C24H35N3O2.CH2O2/c1-17(2)25-24-19-10-7-9-18(19)20-15-22(28-3)23(16-21(20)26-24)29-14-8-13-27-11-5-4-6-12-27;2-1-3/h15-17H,4-14H2,1-3H3,(H,25,26);1H,(H,2,3). The molecule has 0 atom stereocenters. The summed E-state index contributed by atoms with van der Waals surface area (Å²) >= 11 is 0. The van der Waals surface area contributed by atoms with Gasteiger partial charge in [-0.15, -0.1) is 0 Å². The molecule has 0 saturated carbocycles. The van der Waals surface area contributed by atoms with Gasteiger partial charge in [-0.3, -0.25) is 4.79 Å². The molecule has 2 aromatic rings. The number of likely N-dealkylation sites (tertiary alicyclic amines) is 1. The largest absolute Gasteiger partial charge is 0.493 e. The van der Waals surface area contributed by atoms with Crippen molar-refractivity contribution in [1.82, 2.24) is 9.88 Å². The van der Waals surface area contributed by atoms with Crippen LogP contribution < -0.4 is 14.8 Å². The van der Waals surface area contributed by atoms with E-state index in [9.17, 15) is 0 Å². The number of ether oxygens (including phenoxy) is 2. The van der Waals surface area contributed by atoms with Gasteiger partial charge in [0.2, 0.25) is 0 Å². The van der Waals surface area contributed by atoms with Gasteiger partial charge in [0.1, 0.15) is 5.82 Å². The molecule has 4 rings (SSSR count). The van der Waals surface area contributed by atoms with E-state index in [0.29, 0.717) is 12.6 Å². The SMILES string of the molecule is COc1cc2c3c(c(NC(C)C)nc2cc1OCCCN1CCCCC1)CCC3.O=CO. The Hall–Kier alpha value is -2.54. The second kappa shape index (κ2) is 11.9. The van der Waals surface area contributed by atoms with Crippen LogP contribution in [-0.4, -0.2) is 60.9 Å². The van der Waals surface area contributed by atoms with E-state index in [4.69, 9.17) is 24.4 Å². The first-order valence-corrected chi connectivity index (χ1v) is 11.8. The number of methoxy groups -OCH3 is 1. The number of piperidine rings is 1. The lowest BCUT2D eigenvalue weighted by Gasteiger charge is -2.26. The molecule has 0 bridgehead atoms. The number of aromatic nitrogens is 1. The van der Waals surface area contributed by atoms with E-state index in [2.05, 4.69) is 36.2 Å². The van der Waals surface area contributed by atoms with Gasteiger partial charge < -0.3 is 24.8 Å². The summed E-state index contributed by atoms with van der Waals surface area (Å²) in [5.41, 5.74) is 3.80. The molecule has 0 radical (unpaired) electrons. The first-order chi connectivity index (χ1) is 15.6. The topological polar surface area (TPSA) is 83.9 Å². The van der Waals surface area contributed by atoms with E-state index in [1.807, 2.05) is 0 Å². The zero-order chi connectivity index (χ0) is 22.9. The molecule has 1 aliphatic carbocycles. The molecule has 7 heteroatoms. The number of pyridine rings is 1. The predicted octanol–water partition coefficient (Wildman–Crippen LogP) is 4.51. The number of fused-ring (bicyclic) bond motifs is 3. The van der Waals surface area contributed by atoms with E-state index in [1.165, 1.54) is 55.3 Å². The zero-order valence-corrected chi connectivity index (χ0v) is 19.7. The average Bonchev–Trinajstić information content (AvgIpc) is 3.28. The Morgan fingerprint density at radius 2 is 1.84 bits per heavy atom. The van der Waals surface area contributed by atoms with Gasteiger partial charge in [-0.2, -0.15) is 0 Å². The van der Waals surface area contributed by atoms with Gasteiger partial charge in [0, 0.05) is 24.0 Å². The van der Waals surface area contributed by atoms with E-state index in [-0.39, 0.29) is 6.47 Å². The molecule has 0 spiro atoms. The van der Waals surface area contributed by atoms with Crippen molar-refractivity contribution >= 4 is 23.2 Å². The molecule has 2 aliphatic rings. The van der Waals surface area contributed by atoms with Crippen molar-refractivity contribution in [2.75, 3.05) is 38.7 Å². The minimum atomic E-state index is -0.250. The smallest absolute Gasteiger partial charge is 0.290 e. The van der Waals surface area contributed by atoms with E-state index in [0.717, 1.165) is 48.6 Å². The fourth-order valence-corrected chi connectivity index (χ4v) is 4.69. The van der Waals surface area contributed by atoms with Gasteiger partial charge in [0.25, 0.3) is 6.47 Å². The highest BCUT2D eigenvalue weighted by Gasteiger charge is 2.22. The predicted molar refractivity (Wildman–Crippen MR) is 128 cm³/mol. The number of hydrogen-bond acceptors (Lipinski definition) is 6. The quantitative estimate of drug-likeness (QED) is 0.459. The Labute approximate surface area is 191 Å². The number of anilines is 1. The second-order valence-electron chi connectivity index (χ2n) is 8.80. The lowest BCUT2D eigenvalue weighted by atomic mass is 10.0. The molecule has 7 nitrogen and oxygen atoms in total. The summed E-state index contributed by atoms with van der Waals surface area (Å²) in [5, 5.41) is 11.6. The maximum Gasteiger partial charge on any atom is 0.290 e. The second-order valence-corrected chi connectivity index (χ2v) is 8.80. The minimum Gasteiger partial charge on any atom is -0.493 e. The molecule has 1 aromatic carbocycles. The highest BCUT2D eigenvalue weighted by Crippen LogP contribution is 2.39. The molecular weight excluding hydrogens is 406 g/mol. The molecular formula is C25H37N3O4. The Kier molecular flexibility index (Phi) is 8.97. The van der Waals surface area contributed by atoms with Gasteiger partial charge in [-0.05, 0) is 82.7 Å². The van der Waals surface area contributed by atoms with E-state index in [1.54, 1.807) is 7.11 Å². The van der Waals surface area contributed by atoms with Crippen LogP contribution in [0.25, 0.3) is 10.9 Å². The number of benzene rings is 1. The normalized spacial score (nSPS) is 15.8. The number of nitrogens with zero attached hydrogens (tertiary/aromatic N) is 2. The third-order valence-corrected chi connectivity index (χ3v) is 6.09. The number of aryl methyl sites for hydroxylation is 1. The maximum atomic E-state index is 8.36. The molecule has 32 heavy (non-hydrogen) atoms. The highest BCUT2D eigenvalue weighted by atomic mass is 16.5. The molecule has 1 fully saturated rings. The summed E-state index contributed by atoms with van der Waals surface area (Å²) in [4.78, 5) is 15.9. The first-order valence-electron chi connectivity index (χ1n) is 11.8. The molecule has 0 unspecified atom stereocenters. The van der Waals surface area contributed by atoms with Gasteiger partial charge >= 0.3 is 0 Å². The number of hydrogen-bond donors (Lipinski definition) is 2. The van der Waals surface area contributed by atoms with Gasteiger partial charge in [-0.25, -0.2) is 4.98 Å². The summed E-state index contributed by atoms with van der Waals surface area (Å²) in [6.45, 7) is 8.38. The molecule has 1 aliphatic heterocycles. The van der Waals surface area contributed by atoms with Crippen molar-refractivity contribution in [3.8, 4) is 11.5 Å². The third kappa shape index (κ3) is 6.03. The first kappa shape index (κ1) is 24.1. The van der Waals surface area contributed by atoms with Crippen LogP contribution in [0, 0.1) is 0 Å².